The molecule has 0 saturated carbocycles. The summed E-state index contributed by atoms with van der Waals surface area (Å²) in [5, 5.41) is 1.43. The van der Waals surface area contributed by atoms with Crippen molar-refractivity contribution in [3.05, 3.63) is 33.8 Å². The normalized spacial score (nSPS) is 11.8. The maximum absolute atomic E-state index is 6.05. The van der Waals surface area contributed by atoms with Gasteiger partial charge in [0, 0.05) is 16.6 Å². The minimum atomic E-state index is -1.22. The summed E-state index contributed by atoms with van der Waals surface area (Å²) in [4.78, 5) is 3.51. The topological polar surface area (TPSA) is 12.0 Å². The third-order valence-electron chi connectivity index (χ3n) is 1.82. The first-order valence-corrected chi connectivity index (χ1v) is 8.83. The lowest BCUT2D eigenvalue weighted by Gasteiger charge is -2.18. The zero-order chi connectivity index (χ0) is 10.8. The molecular formula is C10H15Cl2NSi. The second-order valence-corrected chi connectivity index (χ2v) is 10.0. The molecule has 1 aromatic rings. The van der Waals surface area contributed by atoms with E-state index in [1.807, 2.05) is 12.1 Å². The summed E-state index contributed by atoms with van der Waals surface area (Å²) in [5.74, 6) is 0. The summed E-state index contributed by atoms with van der Waals surface area (Å²) in [6.07, 6.45) is 0. The molecule has 0 aliphatic heterocycles. The molecule has 0 atom stereocenters. The van der Waals surface area contributed by atoms with E-state index in [-0.39, 0.29) is 0 Å². The molecule has 4 heteroatoms. The van der Waals surface area contributed by atoms with Crippen molar-refractivity contribution in [1.82, 2.24) is 4.98 Å². The predicted molar refractivity (Wildman–Crippen MR) is 66.6 cm³/mol. The Labute approximate surface area is 96.5 Å². The zero-order valence-corrected chi connectivity index (χ0v) is 11.2. The van der Waals surface area contributed by atoms with Gasteiger partial charge in [0.1, 0.15) is 8.24 Å². The maximum Gasteiger partial charge on any atom is 0.116 e. The highest BCUT2D eigenvalue weighted by Gasteiger charge is 2.12. The Bertz CT molecular complexity index is 320. The lowest BCUT2D eigenvalue weighted by atomic mass is 10.2. The minimum Gasteiger partial charge on any atom is -0.334 e. The van der Waals surface area contributed by atoms with Crippen molar-refractivity contribution < 1.29 is 0 Å². The van der Waals surface area contributed by atoms with Gasteiger partial charge in [0.05, 0.1) is 0 Å². The first kappa shape index (κ1) is 12.0. The van der Waals surface area contributed by atoms with E-state index >= 15 is 0 Å². The van der Waals surface area contributed by atoms with E-state index < -0.39 is 8.24 Å². The molecule has 1 nitrogen and oxygen atoms in total. The van der Waals surface area contributed by atoms with Crippen molar-refractivity contribution in [3.63, 3.8) is 0 Å². The maximum atomic E-state index is 6.05. The Kier molecular flexibility index (Phi) is 4.01. The minimum absolute atomic E-state index is 0.687. The van der Waals surface area contributed by atoms with E-state index in [0.29, 0.717) is 5.02 Å². The summed E-state index contributed by atoms with van der Waals surface area (Å²) < 4.78 is 0. The van der Waals surface area contributed by atoms with Gasteiger partial charge >= 0.3 is 0 Å². The van der Waals surface area contributed by atoms with E-state index in [2.05, 4.69) is 24.6 Å². The van der Waals surface area contributed by atoms with E-state index in [9.17, 15) is 0 Å². The average Bonchev–Trinajstić information content (AvgIpc) is 2.00. The van der Waals surface area contributed by atoms with Crippen LogP contribution in [-0.4, -0.2) is 8.24 Å². The van der Waals surface area contributed by atoms with Gasteiger partial charge in [-0.1, -0.05) is 48.9 Å². The van der Waals surface area contributed by atoms with Crippen LogP contribution in [0.3, 0.4) is 0 Å². The molecule has 0 fully saturated rings. The van der Waals surface area contributed by atoms with Gasteiger partial charge in [-0.3, -0.25) is 0 Å². The molecule has 0 saturated heterocycles. The van der Waals surface area contributed by atoms with Crippen LogP contribution in [-0.2, 0) is 6.54 Å². The molecule has 0 aliphatic rings. The number of hydrogen-bond acceptors (Lipinski definition) is 1. The summed E-state index contributed by atoms with van der Waals surface area (Å²) in [7, 11) is -1.22. The molecule has 0 unspecified atom stereocenters. The van der Waals surface area contributed by atoms with E-state index in [1.54, 1.807) is 6.07 Å². The van der Waals surface area contributed by atoms with Crippen molar-refractivity contribution >= 4 is 31.4 Å². The van der Waals surface area contributed by atoms with Crippen molar-refractivity contribution in [1.29, 1.82) is 0 Å². The monoisotopic (exact) mass is 247 g/mol. The SMILES string of the molecule is C[Si](C)(C)NCc1ccc(Cl)cc1Cl. The molecule has 1 N–H and O–H groups in total. The van der Waals surface area contributed by atoms with Crippen LogP contribution >= 0.6 is 23.2 Å². The summed E-state index contributed by atoms with van der Waals surface area (Å²) in [6.45, 7) is 7.61. The Hall–Kier alpha value is -0.0231. The Balaban J connectivity index is 2.68. The van der Waals surface area contributed by atoms with Crippen molar-refractivity contribution in [2.24, 2.45) is 0 Å². The molecule has 0 aliphatic carbocycles. The number of rotatable bonds is 3. The highest BCUT2D eigenvalue weighted by molar-refractivity contribution is 6.73. The van der Waals surface area contributed by atoms with Crippen LogP contribution in [0.2, 0.25) is 29.7 Å². The van der Waals surface area contributed by atoms with Crippen molar-refractivity contribution in [2.75, 3.05) is 0 Å². The van der Waals surface area contributed by atoms with Crippen molar-refractivity contribution in [2.45, 2.75) is 26.2 Å². The van der Waals surface area contributed by atoms with Crippen LogP contribution in [0.1, 0.15) is 5.56 Å². The fourth-order valence-corrected chi connectivity index (χ4v) is 2.22. The van der Waals surface area contributed by atoms with Crippen LogP contribution in [0, 0.1) is 0 Å². The second kappa shape index (κ2) is 4.66. The average molecular weight is 248 g/mol. The molecule has 0 radical (unpaired) electrons. The van der Waals surface area contributed by atoms with Gasteiger partial charge in [0.15, 0.2) is 0 Å². The van der Waals surface area contributed by atoms with Crippen LogP contribution in [0.25, 0.3) is 0 Å². The Morgan fingerprint density at radius 2 is 1.86 bits per heavy atom. The highest BCUT2D eigenvalue weighted by Crippen LogP contribution is 2.21. The van der Waals surface area contributed by atoms with Crippen LogP contribution in [0.15, 0.2) is 18.2 Å². The van der Waals surface area contributed by atoms with Gasteiger partial charge in [-0.25, -0.2) is 0 Å². The van der Waals surface area contributed by atoms with Crippen LogP contribution < -0.4 is 4.98 Å². The molecule has 78 valence electrons. The van der Waals surface area contributed by atoms with Crippen LogP contribution in [0.4, 0.5) is 0 Å². The predicted octanol–water partition coefficient (Wildman–Crippen LogP) is 3.92. The van der Waals surface area contributed by atoms with Gasteiger partial charge in [0.2, 0.25) is 0 Å². The molecular weight excluding hydrogens is 233 g/mol. The lowest BCUT2D eigenvalue weighted by Crippen LogP contribution is -2.40. The fraction of sp³-hybridized carbons (Fsp3) is 0.400. The summed E-state index contributed by atoms with van der Waals surface area (Å²) >= 11 is 11.9. The third kappa shape index (κ3) is 4.01. The van der Waals surface area contributed by atoms with E-state index in [1.165, 1.54) is 0 Å². The molecule has 0 spiro atoms. The number of halogens is 2. The van der Waals surface area contributed by atoms with Crippen LogP contribution in [0.5, 0.6) is 0 Å². The first-order valence-electron chi connectivity index (χ1n) is 4.57. The molecule has 0 bridgehead atoms. The van der Waals surface area contributed by atoms with Gasteiger partial charge in [-0.2, -0.15) is 0 Å². The number of nitrogens with one attached hydrogen (secondary N) is 1. The molecule has 14 heavy (non-hydrogen) atoms. The molecule has 0 heterocycles. The highest BCUT2D eigenvalue weighted by atomic mass is 35.5. The molecule has 0 amide bonds. The smallest absolute Gasteiger partial charge is 0.116 e. The zero-order valence-electron chi connectivity index (χ0n) is 8.70. The lowest BCUT2D eigenvalue weighted by molar-refractivity contribution is 0.915. The van der Waals surface area contributed by atoms with Gasteiger partial charge in [0.25, 0.3) is 0 Å². The van der Waals surface area contributed by atoms with E-state index in [4.69, 9.17) is 23.2 Å². The number of hydrogen-bond donors (Lipinski definition) is 1. The first-order chi connectivity index (χ1) is 6.38. The van der Waals surface area contributed by atoms with Gasteiger partial charge in [-0.05, 0) is 17.7 Å². The number of benzene rings is 1. The second-order valence-electron chi connectivity index (χ2n) is 4.34. The van der Waals surface area contributed by atoms with E-state index in [0.717, 1.165) is 17.1 Å². The quantitative estimate of drug-likeness (QED) is 0.799. The van der Waals surface area contributed by atoms with Gasteiger partial charge < -0.3 is 4.98 Å². The van der Waals surface area contributed by atoms with Gasteiger partial charge in [-0.15, -0.1) is 0 Å². The molecule has 1 rings (SSSR count). The summed E-state index contributed by atoms with van der Waals surface area (Å²) in [5.41, 5.74) is 1.11. The summed E-state index contributed by atoms with van der Waals surface area (Å²) in [6, 6.07) is 5.62. The van der Waals surface area contributed by atoms with Crippen molar-refractivity contribution in [3.8, 4) is 0 Å². The molecule has 0 aromatic heterocycles. The Morgan fingerprint density at radius 3 is 2.36 bits per heavy atom. The standard InChI is InChI=1S/C10H15Cl2NSi/c1-14(2,3)13-7-8-4-5-9(11)6-10(8)12/h4-6,13H,7H2,1-3H3. The third-order valence-corrected chi connectivity index (χ3v) is 3.65. The largest absolute Gasteiger partial charge is 0.334 e. The fourth-order valence-electron chi connectivity index (χ4n) is 1.03. The molecule has 1 aromatic carbocycles. The Morgan fingerprint density at radius 1 is 1.21 bits per heavy atom.